The fourth-order valence-electron chi connectivity index (χ4n) is 4.19. The number of hydrogen-bond acceptors (Lipinski definition) is 2. The van der Waals surface area contributed by atoms with Crippen LogP contribution in [-0.4, -0.2) is 10.2 Å². The number of aromatic nitrogens is 2. The molecule has 0 amide bonds. The zero-order valence-corrected chi connectivity index (χ0v) is 21.3. The highest BCUT2D eigenvalue weighted by molar-refractivity contribution is 5.69. The highest BCUT2D eigenvalue weighted by Gasteiger charge is 2.18. The van der Waals surface area contributed by atoms with Crippen molar-refractivity contribution in [3.05, 3.63) is 70.8 Å². The highest BCUT2D eigenvalue weighted by atomic mass is 15.1. The maximum Gasteiger partial charge on any atom is 0.0932 e. The average Bonchev–Trinajstić information content (AvgIpc) is 2.73. The van der Waals surface area contributed by atoms with Crippen molar-refractivity contribution in [2.45, 2.75) is 91.9 Å². The van der Waals surface area contributed by atoms with Gasteiger partial charge in [-0.1, -0.05) is 105 Å². The van der Waals surface area contributed by atoms with E-state index >= 15 is 0 Å². The molecule has 2 heteroatoms. The summed E-state index contributed by atoms with van der Waals surface area (Å²) >= 11 is 0. The van der Waals surface area contributed by atoms with Crippen molar-refractivity contribution in [3.63, 3.8) is 0 Å². The molecule has 0 saturated heterocycles. The molecule has 0 fully saturated rings. The third-order valence-electron chi connectivity index (χ3n) is 6.20. The molecule has 0 saturated carbocycles. The van der Waals surface area contributed by atoms with Gasteiger partial charge in [0.1, 0.15) is 0 Å². The van der Waals surface area contributed by atoms with Crippen molar-refractivity contribution in [1.82, 2.24) is 10.2 Å². The molecule has 0 spiro atoms. The minimum absolute atomic E-state index is 0.144. The zero-order valence-electron chi connectivity index (χ0n) is 21.3. The van der Waals surface area contributed by atoms with Crippen LogP contribution in [0.2, 0.25) is 0 Å². The van der Waals surface area contributed by atoms with Crippen LogP contribution in [0, 0.1) is 0 Å². The number of aryl methyl sites for hydroxylation is 2. The Morgan fingerprint density at radius 2 is 0.938 bits per heavy atom. The molecule has 0 unspecified atom stereocenters. The molecule has 0 N–H and O–H groups in total. The van der Waals surface area contributed by atoms with Crippen LogP contribution in [0.1, 0.15) is 90.5 Å². The molecular weight excluding hydrogens is 388 g/mol. The lowest BCUT2D eigenvalue weighted by Crippen LogP contribution is -2.12. The van der Waals surface area contributed by atoms with Gasteiger partial charge in [0.25, 0.3) is 0 Å². The normalized spacial score (nSPS) is 12.2. The van der Waals surface area contributed by atoms with Gasteiger partial charge in [0.15, 0.2) is 0 Å². The summed E-state index contributed by atoms with van der Waals surface area (Å²) in [6.45, 7) is 18.1. The lowest BCUT2D eigenvalue weighted by Gasteiger charge is -2.22. The quantitative estimate of drug-likeness (QED) is 0.394. The first-order valence-electron chi connectivity index (χ1n) is 12.2. The zero-order chi connectivity index (χ0) is 23.5. The smallest absolute Gasteiger partial charge is 0.0932 e. The second-order valence-corrected chi connectivity index (χ2v) is 11.0. The Labute approximate surface area is 195 Å². The van der Waals surface area contributed by atoms with Crippen molar-refractivity contribution < 1.29 is 0 Å². The Hall–Kier alpha value is -2.48. The van der Waals surface area contributed by atoms with Gasteiger partial charge < -0.3 is 0 Å². The monoisotopic (exact) mass is 428 g/mol. The van der Waals surface area contributed by atoms with E-state index in [0.717, 1.165) is 37.1 Å². The highest BCUT2D eigenvalue weighted by Crippen LogP contribution is 2.32. The predicted molar refractivity (Wildman–Crippen MR) is 138 cm³/mol. The fraction of sp³-hybridized carbons (Fsp3) is 0.467. The minimum Gasteiger partial charge on any atom is -0.150 e. The molecule has 170 valence electrons. The average molecular weight is 429 g/mol. The van der Waals surface area contributed by atoms with Crippen LogP contribution < -0.4 is 0 Å². The van der Waals surface area contributed by atoms with E-state index in [9.17, 15) is 0 Å². The summed E-state index contributed by atoms with van der Waals surface area (Å²) in [5, 5.41) is 9.36. The molecule has 0 radical (unpaired) electrons. The van der Waals surface area contributed by atoms with Crippen LogP contribution in [0.5, 0.6) is 0 Å². The molecule has 0 aliphatic rings. The molecule has 0 bridgehead atoms. The second kappa shape index (κ2) is 9.57. The standard InChI is InChI=1S/C30H40N2/c1-9-11-21-19-23(29(3,4)5)13-15-25(21)27-17-18-28(32-31-27)26-16-14-24(30(6,7)8)20-22(26)12-10-2/h13-20H,9-12H2,1-8H3. The molecule has 3 rings (SSSR count). The van der Waals surface area contributed by atoms with Crippen molar-refractivity contribution in [3.8, 4) is 22.5 Å². The summed E-state index contributed by atoms with van der Waals surface area (Å²) in [7, 11) is 0. The second-order valence-electron chi connectivity index (χ2n) is 11.0. The molecule has 1 aromatic heterocycles. The van der Waals surface area contributed by atoms with E-state index < -0.39 is 0 Å². The molecule has 1 heterocycles. The van der Waals surface area contributed by atoms with Gasteiger partial charge in [0.2, 0.25) is 0 Å². The summed E-state index contributed by atoms with van der Waals surface area (Å²) in [5.41, 5.74) is 10.1. The van der Waals surface area contributed by atoms with Crippen molar-refractivity contribution in [1.29, 1.82) is 0 Å². The van der Waals surface area contributed by atoms with Crippen molar-refractivity contribution in [2.75, 3.05) is 0 Å². The fourth-order valence-corrected chi connectivity index (χ4v) is 4.19. The molecule has 0 aliphatic carbocycles. The Bertz CT molecular complexity index is 961. The third kappa shape index (κ3) is 5.46. The topological polar surface area (TPSA) is 25.8 Å². The van der Waals surface area contributed by atoms with Gasteiger partial charge in [-0.05, 0) is 58.1 Å². The van der Waals surface area contributed by atoms with Crippen molar-refractivity contribution >= 4 is 0 Å². The number of rotatable bonds is 6. The SMILES string of the molecule is CCCc1cc(C(C)(C)C)ccc1-c1ccc(-c2ccc(C(C)(C)C)cc2CCC)nn1. The lowest BCUT2D eigenvalue weighted by atomic mass is 9.84. The Balaban J connectivity index is 2.00. The van der Waals surface area contributed by atoms with Gasteiger partial charge in [-0.25, -0.2) is 0 Å². The maximum atomic E-state index is 4.68. The van der Waals surface area contributed by atoms with Crippen LogP contribution in [0.3, 0.4) is 0 Å². The predicted octanol–water partition coefficient (Wildman–Crippen LogP) is 8.31. The van der Waals surface area contributed by atoms with Gasteiger partial charge in [-0.3, -0.25) is 0 Å². The van der Waals surface area contributed by atoms with E-state index in [0.29, 0.717) is 0 Å². The third-order valence-corrected chi connectivity index (χ3v) is 6.20. The van der Waals surface area contributed by atoms with Gasteiger partial charge >= 0.3 is 0 Å². The van der Waals surface area contributed by atoms with Crippen LogP contribution >= 0.6 is 0 Å². The summed E-state index contributed by atoms with van der Waals surface area (Å²) in [6, 6.07) is 18.0. The van der Waals surface area contributed by atoms with Crippen LogP contribution in [0.4, 0.5) is 0 Å². The van der Waals surface area contributed by atoms with E-state index in [1.807, 2.05) is 0 Å². The van der Waals surface area contributed by atoms with Crippen molar-refractivity contribution in [2.24, 2.45) is 0 Å². The van der Waals surface area contributed by atoms with Gasteiger partial charge in [0.05, 0.1) is 11.4 Å². The maximum absolute atomic E-state index is 4.68. The summed E-state index contributed by atoms with van der Waals surface area (Å²) < 4.78 is 0. The first kappa shape index (κ1) is 24.2. The summed E-state index contributed by atoms with van der Waals surface area (Å²) in [5.74, 6) is 0. The minimum atomic E-state index is 0.144. The van der Waals surface area contributed by atoms with E-state index in [-0.39, 0.29) is 10.8 Å². The Kier molecular flexibility index (Phi) is 7.22. The molecule has 0 aliphatic heterocycles. The van der Waals surface area contributed by atoms with E-state index in [4.69, 9.17) is 0 Å². The van der Waals surface area contributed by atoms with Gasteiger partial charge in [-0.2, -0.15) is 0 Å². The summed E-state index contributed by atoms with van der Waals surface area (Å²) in [6.07, 6.45) is 4.34. The van der Waals surface area contributed by atoms with Crippen LogP contribution in [0.25, 0.3) is 22.5 Å². The lowest BCUT2D eigenvalue weighted by molar-refractivity contribution is 0.589. The first-order chi connectivity index (χ1) is 15.0. The first-order valence-corrected chi connectivity index (χ1v) is 12.2. The molecule has 0 atom stereocenters. The molecule has 32 heavy (non-hydrogen) atoms. The molecule has 2 aromatic carbocycles. The van der Waals surface area contributed by atoms with E-state index in [1.54, 1.807) is 0 Å². The number of nitrogens with zero attached hydrogens (tertiary/aromatic N) is 2. The van der Waals surface area contributed by atoms with Crippen LogP contribution in [0.15, 0.2) is 48.5 Å². The summed E-state index contributed by atoms with van der Waals surface area (Å²) in [4.78, 5) is 0. The number of hydrogen-bond donors (Lipinski definition) is 0. The molecule has 2 nitrogen and oxygen atoms in total. The van der Waals surface area contributed by atoms with Gasteiger partial charge in [-0.15, -0.1) is 10.2 Å². The van der Waals surface area contributed by atoms with E-state index in [1.165, 1.54) is 33.4 Å². The Morgan fingerprint density at radius 1 is 0.562 bits per heavy atom. The molecular formula is C30H40N2. The largest absolute Gasteiger partial charge is 0.150 e. The number of benzene rings is 2. The molecule has 3 aromatic rings. The van der Waals surface area contributed by atoms with Crippen LogP contribution in [-0.2, 0) is 23.7 Å². The van der Waals surface area contributed by atoms with E-state index in [2.05, 4.69) is 114 Å². The Morgan fingerprint density at radius 3 is 1.22 bits per heavy atom. The van der Waals surface area contributed by atoms with Gasteiger partial charge in [0, 0.05) is 11.1 Å².